The van der Waals surface area contributed by atoms with Crippen LogP contribution in [0.1, 0.15) is 20.8 Å². The predicted octanol–water partition coefficient (Wildman–Crippen LogP) is 1.27. The summed E-state index contributed by atoms with van der Waals surface area (Å²) in [7, 11) is 0. The van der Waals surface area contributed by atoms with Crippen LogP contribution in [0.2, 0.25) is 0 Å². The molecular weight excluding hydrogens is 220 g/mol. The average Bonchev–Trinajstić information content (AvgIpc) is 2.10. The number of piperidine rings is 1. The second kappa shape index (κ2) is 4.53. The summed E-state index contributed by atoms with van der Waals surface area (Å²) in [5.74, 6) is 0. The molecule has 2 atom stereocenters. The van der Waals surface area contributed by atoms with Crippen LogP contribution in [-0.2, 0) is 4.74 Å². The van der Waals surface area contributed by atoms with Gasteiger partial charge in [0, 0.05) is 0 Å². The van der Waals surface area contributed by atoms with E-state index >= 15 is 0 Å². The molecule has 0 unspecified atom stereocenters. The van der Waals surface area contributed by atoms with Crippen LogP contribution in [0.15, 0.2) is 0 Å². The molecule has 1 aliphatic heterocycles. The first-order valence-electron chi connectivity index (χ1n) is 5.15. The van der Waals surface area contributed by atoms with E-state index in [1.54, 1.807) is 20.8 Å². The third-order valence-electron chi connectivity index (χ3n) is 2.18. The maximum absolute atomic E-state index is 13.1. The van der Waals surface area contributed by atoms with Crippen LogP contribution in [0.4, 0.5) is 13.6 Å². The molecular formula is C10H17F2NO3. The lowest BCUT2D eigenvalue weighted by Gasteiger charge is -2.35. The molecule has 6 heteroatoms. The van der Waals surface area contributed by atoms with E-state index in [-0.39, 0.29) is 13.1 Å². The molecule has 0 bridgehead atoms. The highest BCUT2D eigenvalue weighted by Crippen LogP contribution is 2.19. The Bertz CT molecular complexity index is 255. The van der Waals surface area contributed by atoms with Crippen molar-refractivity contribution in [2.24, 2.45) is 0 Å². The summed E-state index contributed by atoms with van der Waals surface area (Å²) in [6.45, 7) is 4.34. The van der Waals surface area contributed by atoms with E-state index < -0.39 is 30.1 Å². The van der Waals surface area contributed by atoms with Gasteiger partial charge in [-0.25, -0.2) is 13.6 Å². The third kappa shape index (κ3) is 3.30. The van der Waals surface area contributed by atoms with Crippen LogP contribution in [-0.4, -0.2) is 53.2 Å². The number of likely N-dealkylation sites (tertiary alicyclic amines) is 1. The Morgan fingerprint density at radius 3 is 2.12 bits per heavy atom. The highest BCUT2D eigenvalue weighted by atomic mass is 19.1. The lowest BCUT2D eigenvalue weighted by Crippen LogP contribution is -2.54. The van der Waals surface area contributed by atoms with Crippen molar-refractivity contribution in [3.05, 3.63) is 0 Å². The maximum atomic E-state index is 13.1. The molecule has 1 N–H and O–H groups in total. The highest BCUT2D eigenvalue weighted by molar-refractivity contribution is 5.68. The summed E-state index contributed by atoms with van der Waals surface area (Å²) in [4.78, 5) is 12.4. The minimum Gasteiger partial charge on any atom is -0.444 e. The van der Waals surface area contributed by atoms with Gasteiger partial charge in [-0.1, -0.05) is 0 Å². The number of alkyl halides is 2. The molecule has 1 saturated heterocycles. The van der Waals surface area contributed by atoms with Gasteiger partial charge in [0.15, 0.2) is 0 Å². The zero-order chi connectivity index (χ0) is 12.5. The molecule has 0 aromatic carbocycles. The summed E-state index contributed by atoms with van der Waals surface area (Å²) in [5.41, 5.74) is -0.704. The van der Waals surface area contributed by atoms with Gasteiger partial charge >= 0.3 is 6.09 Å². The summed E-state index contributed by atoms with van der Waals surface area (Å²) >= 11 is 0. The topological polar surface area (TPSA) is 49.8 Å². The molecule has 0 spiro atoms. The maximum Gasteiger partial charge on any atom is 0.410 e. The lowest BCUT2D eigenvalue weighted by atomic mass is 10.1. The molecule has 0 aliphatic carbocycles. The van der Waals surface area contributed by atoms with Gasteiger partial charge in [0.1, 0.15) is 24.0 Å². The molecule has 0 radical (unpaired) electrons. The van der Waals surface area contributed by atoms with E-state index in [2.05, 4.69) is 0 Å². The van der Waals surface area contributed by atoms with Gasteiger partial charge in [0.25, 0.3) is 0 Å². The van der Waals surface area contributed by atoms with Gasteiger partial charge in [-0.15, -0.1) is 0 Å². The zero-order valence-electron chi connectivity index (χ0n) is 9.61. The minimum atomic E-state index is -1.77. The highest BCUT2D eigenvalue weighted by Gasteiger charge is 2.39. The molecule has 1 heterocycles. The number of hydrogen-bond acceptors (Lipinski definition) is 3. The average molecular weight is 237 g/mol. The Kier molecular flexibility index (Phi) is 3.72. The van der Waals surface area contributed by atoms with Crippen LogP contribution in [0.5, 0.6) is 0 Å². The van der Waals surface area contributed by atoms with Crippen molar-refractivity contribution in [2.75, 3.05) is 13.1 Å². The first kappa shape index (κ1) is 13.2. The first-order valence-corrected chi connectivity index (χ1v) is 5.15. The van der Waals surface area contributed by atoms with Crippen LogP contribution < -0.4 is 0 Å². The molecule has 1 aliphatic rings. The molecule has 4 nitrogen and oxygen atoms in total. The van der Waals surface area contributed by atoms with Crippen LogP contribution in [0.3, 0.4) is 0 Å². The van der Waals surface area contributed by atoms with Gasteiger partial charge in [-0.3, -0.25) is 0 Å². The number of aliphatic hydroxyl groups excluding tert-OH is 1. The number of carbonyl (C=O) groups is 1. The molecule has 94 valence electrons. The fourth-order valence-corrected chi connectivity index (χ4v) is 1.41. The van der Waals surface area contributed by atoms with Gasteiger partial charge in [0.05, 0.1) is 13.1 Å². The predicted molar refractivity (Wildman–Crippen MR) is 53.6 cm³/mol. The quantitative estimate of drug-likeness (QED) is 0.690. The Morgan fingerprint density at radius 2 is 1.75 bits per heavy atom. The first-order chi connectivity index (χ1) is 7.20. The van der Waals surface area contributed by atoms with Crippen LogP contribution in [0.25, 0.3) is 0 Å². The molecule has 16 heavy (non-hydrogen) atoms. The van der Waals surface area contributed by atoms with Gasteiger partial charge < -0.3 is 14.7 Å². The largest absolute Gasteiger partial charge is 0.444 e. The molecule has 1 amide bonds. The van der Waals surface area contributed by atoms with E-state index in [9.17, 15) is 13.6 Å². The van der Waals surface area contributed by atoms with Crippen LogP contribution >= 0.6 is 0 Å². The summed E-state index contributed by atoms with van der Waals surface area (Å²) in [5, 5.41) is 9.05. The van der Waals surface area contributed by atoms with Crippen molar-refractivity contribution in [1.82, 2.24) is 4.90 Å². The summed E-state index contributed by atoms with van der Waals surface area (Å²) in [6.07, 6.45) is -5.95. The molecule has 1 rings (SSSR count). The number of ether oxygens (including phenoxy) is 1. The SMILES string of the molecule is CC(C)(C)OC(=O)N1C[C@H](F)C(O)[C@@H](F)C1. The second-order valence-electron chi connectivity index (χ2n) is 4.91. The number of amides is 1. The van der Waals surface area contributed by atoms with E-state index in [4.69, 9.17) is 9.84 Å². The molecule has 1 fully saturated rings. The molecule has 0 saturated carbocycles. The number of aliphatic hydroxyl groups is 1. The standard InChI is InChI=1S/C10H17F2NO3/c1-10(2,3)16-9(15)13-4-6(11)8(14)7(12)5-13/h6-8,14H,4-5H2,1-3H3/t6-,7-/m0/s1. The monoisotopic (exact) mass is 237 g/mol. The van der Waals surface area contributed by atoms with Crippen molar-refractivity contribution < 1.29 is 23.4 Å². The number of halogens is 2. The second-order valence-corrected chi connectivity index (χ2v) is 4.91. The van der Waals surface area contributed by atoms with Crippen molar-refractivity contribution >= 4 is 6.09 Å². The van der Waals surface area contributed by atoms with Gasteiger partial charge in [-0.05, 0) is 20.8 Å². The fourth-order valence-electron chi connectivity index (χ4n) is 1.41. The van der Waals surface area contributed by atoms with Crippen molar-refractivity contribution in [2.45, 2.75) is 44.8 Å². The Labute approximate surface area is 93.2 Å². The van der Waals surface area contributed by atoms with Crippen molar-refractivity contribution in [3.63, 3.8) is 0 Å². The number of hydrogen-bond donors (Lipinski definition) is 1. The third-order valence-corrected chi connectivity index (χ3v) is 2.18. The smallest absolute Gasteiger partial charge is 0.410 e. The van der Waals surface area contributed by atoms with E-state index in [1.807, 2.05) is 0 Å². The number of carbonyl (C=O) groups excluding carboxylic acids is 1. The minimum absolute atomic E-state index is 0.337. The zero-order valence-corrected chi connectivity index (χ0v) is 9.61. The summed E-state index contributed by atoms with van der Waals surface area (Å²) in [6, 6.07) is 0. The van der Waals surface area contributed by atoms with Gasteiger partial charge in [-0.2, -0.15) is 0 Å². The number of nitrogens with zero attached hydrogens (tertiary/aromatic N) is 1. The molecule has 0 aromatic heterocycles. The fraction of sp³-hybridized carbons (Fsp3) is 0.900. The Morgan fingerprint density at radius 1 is 1.31 bits per heavy atom. The van der Waals surface area contributed by atoms with E-state index in [0.717, 1.165) is 4.90 Å². The van der Waals surface area contributed by atoms with Gasteiger partial charge in [0.2, 0.25) is 0 Å². The van der Waals surface area contributed by atoms with Crippen molar-refractivity contribution in [3.8, 4) is 0 Å². The van der Waals surface area contributed by atoms with Crippen LogP contribution in [0, 0.1) is 0 Å². The lowest BCUT2D eigenvalue weighted by molar-refractivity contribution is -0.0563. The Balaban J connectivity index is 2.58. The number of rotatable bonds is 0. The normalized spacial score (nSPS) is 28.0. The Hall–Kier alpha value is -0.910. The summed E-state index contributed by atoms with van der Waals surface area (Å²) < 4.78 is 31.2. The molecule has 0 aromatic rings. The van der Waals surface area contributed by atoms with E-state index in [0.29, 0.717) is 0 Å². The van der Waals surface area contributed by atoms with Crippen molar-refractivity contribution in [1.29, 1.82) is 0 Å². The van der Waals surface area contributed by atoms with E-state index in [1.165, 1.54) is 0 Å².